The van der Waals surface area contributed by atoms with E-state index in [1.807, 2.05) is 0 Å². The maximum Gasteiger partial charge on any atom is 0.216 e. The van der Waals surface area contributed by atoms with Crippen LogP contribution in [0.25, 0.3) is 0 Å². The van der Waals surface area contributed by atoms with Gasteiger partial charge in [-0.2, -0.15) is 0 Å². The molecule has 0 aromatic carbocycles. The molecule has 2 heterocycles. The van der Waals surface area contributed by atoms with Crippen molar-refractivity contribution in [2.45, 2.75) is 45.7 Å². The van der Waals surface area contributed by atoms with E-state index in [2.05, 4.69) is 72.2 Å². The average molecular weight is 478 g/mol. The minimum atomic E-state index is -0.0324. The van der Waals surface area contributed by atoms with E-state index in [1.165, 1.54) is 0 Å². The Hall–Kier alpha value is -0.870. The number of aliphatic imine (C=N–C) groups is 1. The van der Waals surface area contributed by atoms with Gasteiger partial charge in [-0.15, -0.1) is 24.0 Å². The first-order valence-electron chi connectivity index (χ1n) is 9.15. The topological polar surface area (TPSA) is 68.9 Å². The summed E-state index contributed by atoms with van der Waals surface area (Å²) in [4.78, 5) is 13.7. The number of oxazole rings is 1. The van der Waals surface area contributed by atoms with Crippen molar-refractivity contribution in [3.8, 4) is 0 Å². The Bertz CT molecular complexity index is 568. The maximum absolute atomic E-state index is 5.81. The number of rotatable bonds is 5. The lowest BCUT2D eigenvalue weighted by atomic mass is 9.94. The molecule has 0 radical (unpaired) electrons. The quantitative estimate of drug-likeness (QED) is 0.383. The highest BCUT2D eigenvalue weighted by Gasteiger charge is 2.22. The Morgan fingerprint density at radius 1 is 1.31 bits per heavy atom. The van der Waals surface area contributed by atoms with Gasteiger partial charge in [-0.25, -0.2) is 9.98 Å². The number of nitrogens with zero attached hydrogens (tertiary/aromatic N) is 4. The molecule has 26 heavy (non-hydrogen) atoms. The number of likely N-dealkylation sites (N-methyl/N-ethyl adjacent to an activating group) is 2. The summed E-state index contributed by atoms with van der Waals surface area (Å²) < 4.78 is 5.81. The van der Waals surface area contributed by atoms with Gasteiger partial charge < -0.3 is 20.0 Å². The van der Waals surface area contributed by atoms with Crippen LogP contribution in [0.1, 0.15) is 39.3 Å². The molecule has 1 fully saturated rings. The highest BCUT2D eigenvalue weighted by Crippen LogP contribution is 2.22. The maximum atomic E-state index is 5.81. The van der Waals surface area contributed by atoms with E-state index in [9.17, 15) is 0 Å². The lowest BCUT2D eigenvalue weighted by molar-refractivity contribution is 0.116. The molecule has 2 rings (SSSR count). The summed E-state index contributed by atoms with van der Waals surface area (Å²) in [5.41, 5.74) is -0.0324. The van der Waals surface area contributed by atoms with E-state index < -0.39 is 0 Å². The van der Waals surface area contributed by atoms with Gasteiger partial charge in [0.25, 0.3) is 0 Å². The van der Waals surface area contributed by atoms with Crippen molar-refractivity contribution in [1.29, 1.82) is 0 Å². The summed E-state index contributed by atoms with van der Waals surface area (Å²) >= 11 is 0. The molecule has 1 atom stereocenters. The Morgan fingerprint density at radius 2 is 2.04 bits per heavy atom. The van der Waals surface area contributed by atoms with Crippen molar-refractivity contribution in [3.63, 3.8) is 0 Å². The second-order valence-electron chi connectivity index (χ2n) is 7.84. The molecule has 0 spiro atoms. The molecular formula is C18H35IN6O. The smallest absolute Gasteiger partial charge is 0.216 e. The Morgan fingerprint density at radius 3 is 2.65 bits per heavy atom. The molecule has 1 unspecified atom stereocenters. The van der Waals surface area contributed by atoms with Crippen LogP contribution in [-0.2, 0) is 12.0 Å². The molecule has 150 valence electrons. The Balaban J connectivity index is 0.00000338. The monoisotopic (exact) mass is 478 g/mol. The number of hydrogen-bond acceptors (Lipinski definition) is 5. The van der Waals surface area contributed by atoms with Crippen molar-refractivity contribution in [3.05, 3.63) is 17.8 Å². The van der Waals surface area contributed by atoms with Gasteiger partial charge in [0.15, 0.2) is 5.96 Å². The number of nitrogens with one attached hydrogen (secondary N) is 2. The van der Waals surface area contributed by atoms with Crippen molar-refractivity contribution in [2.75, 3.05) is 46.8 Å². The van der Waals surface area contributed by atoms with E-state index in [0.29, 0.717) is 18.5 Å². The van der Waals surface area contributed by atoms with Crippen LogP contribution < -0.4 is 10.6 Å². The molecule has 1 saturated heterocycles. The largest absolute Gasteiger partial charge is 0.443 e. The average Bonchev–Trinajstić information content (AvgIpc) is 3.02. The fourth-order valence-corrected chi connectivity index (χ4v) is 2.75. The molecule has 7 nitrogen and oxygen atoms in total. The SMILES string of the molecule is CCNC(=NCc1ncc(C(C)(C)C)o1)NCC1CN(C)CCN1C.I. The Kier molecular flexibility index (Phi) is 9.32. The van der Waals surface area contributed by atoms with Gasteiger partial charge in [0, 0.05) is 44.2 Å². The van der Waals surface area contributed by atoms with Crippen LogP contribution in [0.3, 0.4) is 0 Å². The van der Waals surface area contributed by atoms with Crippen LogP contribution in [0.5, 0.6) is 0 Å². The van der Waals surface area contributed by atoms with Crippen LogP contribution >= 0.6 is 24.0 Å². The van der Waals surface area contributed by atoms with Gasteiger partial charge in [-0.3, -0.25) is 4.90 Å². The second kappa shape index (κ2) is 10.5. The van der Waals surface area contributed by atoms with Crippen molar-refractivity contribution >= 4 is 29.9 Å². The predicted molar refractivity (Wildman–Crippen MR) is 117 cm³/mol. The van der Waals surface area contributed by atoms with E-state index in [1.54, 1.807) is 6.20 Å². The number of halogens is 1. The van der Waals surface area contributed by atoms with E-state index in [4.69, 9.17) is 4.42 Å². The van der Waals surface area contributed by atoms with Gasteiger partial charge in [-0.1, -0.05) is 20.8 Å². The molecule has 1 aliphatic rings. The third kappa shape index (κ3) is 7.03. The summed E-state index contributed by atoms with van der Waals surface area (Å²) in [6, 6.07) is 0.483. The molecular weight excluding hydrogens is 443 g/mol. The molecule has 1 aromatic heterocycles. The summed E-state index contributed by atoms with van der Waals surface area (Å²) in [5, 5.41) is 6.74. The lowest BCUT2D eigenvalue weighted by Crippen LogP contribution is -2.55. The zero-order valence-electron chi connectivity index (χ0n) is 17.0. The first-order valence-corrected chi connectivity index (χ1v) is 9.15. The third-order valence-corrected chi connectivity index (χ3v) is 4.49. The molecule has 8 heteroatoms. The number of aromatic nitrogens is 1. The molecule has 1 aliphatic heterocycles. The van der Waals surface area contributed by atoms with Crippen molar-refractivity contribution in [1.82, 2.24) is 25.4 Å². The first kappa shape index (κ1) is 23.2. The molecule has 0 saturated carbocycles. The van der Waals surface area contributed by atoms with Crippen molar-refractivity contribution in [2.24, 2.45) is 4.99 Å². The summed E-state index contributed by atoms with van der Waals surface area (Å²) in [6.45, 7) is 13.8. The highest BCUT2D eigenvalue weighted by molar-refractivity contribution is 14.0. The number of guanidine groups is 1. The van der Waals surface area contributed by atoms with Crippen LogP contribution in [0, 0.1) is 0 Å². The van der Waals surface area contributed by atoms with E-state index in [-0.39, 0.29) is 29.4 Å². The van der Waals surface area contributed by atoms with E-state index in [0.717, 1.165) is 44.4 Å². The summed E-state index contributed by atoms with van der Waals surface area (Å²) in [6.07, 6.45) is 1.80. The van der Waals surface area contributed by atoms with Gasteiger partial charge in [0.05, 0.1) is 6.20 Å². The summed E-state index contributed by atoms with van der Waals surface area (Å²) in [7, 11) is 4.36. The van der Waals surface area contributed by atoms with Crippen LogP contribution in [-0.4, -0.2) is 73.6 Å². The molecule has 0 amide bonds. The normalized spacial score (nSPS) is 19.9. The standard InChI is InChI=1S/C18H34N6O.HI/c1-7-19-17(21-10-14-13-23(5)8-9-24(14)6)22-12-16-20-11-15(25-16)18(2,3)4;/h11,14H,7-10,12-13H2,1-6H3,(H2,19,21,22);1H. The fourth-order valence-electron chi connectivity index (χ4n) is 2.75. The minimum Gasteiger partial charge on any atom is -0.443 e. The minimum absolute atomic E-state index is 0. The van der Waals surface area contributed by atoms with Gasteiger partial charge >= 0.3 is 0 Å². The second-order valence-corrected chi connectivity index (χ2v) is 7.84. The number of piperazine rings is 1. The highest BCUT2D eigenvalue weighted by atomic mass is 127. The van der Waals surface area contributed by atoms with Crippen LogP contribution in [0.4, 0.5) is 0 Å². The van der Waals surface area contributed by atoms with Crippen LogP contribution in [0.15, 0.2) is 15.6 Å². The van der Waals surface area contributed by atoms with Crippen LogP contribution in [0.2, 0.25) is 0 Å². The fraction of sp³-hybridized carbons (Fsp3) is 0.778. The summed E-state index contributed by atoms with van der Waals surface area (Å²) in [5.74, 6) is 2.35. The molecule has 1 aromatic rings. The first-order chi connectivity index (χ1) is 11.8. The van der Waals surface area contributed by atoms with Gasteiger partial charge in [-0.05, 0) is 21.0 Å². The lowest BCUT2D eigenvalue weighted by Gasteiger charge is -2.37. The molecule has 0 aliphatic carbocycles. The Labute approximate surface area is 175 Å². The van der Waals surface area contributed by atoms with E-state index >= 15 is 0 Å². The van der Waals surface area contributed by atoms with Crippen molar-refractivity contribution < 1.29 is 4.42 Å². The molecule has 2 N–H and O–H groups in total. The zero-order valence-corrected chi connectivity index (χ0v) is 19.3. The third-order valence-electron chi connectivity index (χ3n) is 4.49. The van der Waals surface area contributed by atoms with Gasteiger partial charge in [0.2, 0.25) is 5.89 Å². The number of hydrogen-bond donors (Lipinski definition) is 2. The zero-order chi connectivity index (χ0) is 18.4. The van der Waals surface area contributed by atoms with Gasteiger partial charge in [0.1, 0.15) is 12.3 Å². The molecule has 0 bridgehead atoms. The predicted octanol–water partition coefficient (Wildman–Crippen LogP) is 1.89.